The molecular formula is C4H8N2O7S2. The van der Waals surface area contributed by atoms with E-state index in [9.17, 15) is 8.42 Å². The summed E-state index contributed by atoms with van der Waals surface area (Å²) >= 11 is 0. The van der Waals surface area contributed by atoms with Gasteiger partial charge in [0.15, 0.2) is 0 Å². The van der Waals surface area contributed by atoms with Gasteiger partial charge < -0.3 is 4.55 Å². The summed E-state index contributed by atoms with van der Waals surface area (Å²) in [6.45, 7) is 0. The third-order valence-electron chi connectivity index (χ3n) is 1.01. The highest BCUT2D eigenvalue weighted by Gasteiger charge is 2.13. The lowest BCUT2D eigenvalue weighted by molar-refractivity contribution is -0.518. The lowest BCUT2D eigenvalue weighted by Crippen LogP contribution is -2.39. The Labute approximate surface area is 86.0 Å². The van der Waals surface area contributed by atoms with Crippen LogP contribution in [0.1, 0.15) is 0 Å². The fourth-order valence-corrected chi connectivity index (χ4v) is 1.04. The van der Waals surface area contributed by atoms with Gasteiger partial charge >= 0.3 is 10.3 Å². The number of imidazole rings is 1. The Hall–Kier alpha value is -1.01. The fourth-order valence-electron chi connectivity index (χ4n) is 0.564. The summed E-state index contributed by atoms with van der Waals surface area (Å²) < 4.78 is 64.2. The van der Waals surface area contributed by atoms with E-state index in [4.69, 9.17) is 22.1 Å². The molecule has 1 heterocycles. The van der Waals surface area contributed by atoms with Gasteiger partial charge in [-0.15, -0.1) is 3.97 Å². The van der Waals surface area contributed by atoms with Gasteiger partial charge in [-0.2, -0.15) is 8.42 Å². The first kappa shape index (κ1) is 14.0. The number of hydrogen-bond acceptors (Lipinski definition) is 5. The lowest BCUT2D eigenvalue weighted by atomic mass is 10.9. The molecule has 0 aliphatic carbocycles. The molecule has 0 saturated carbocycles. The molecule has 0 aliphatic heterocycles. The Morgan fingerprint density at radius 1 is 1.27 bits per heavy atom. The summed E-state index contributed by atoms with van der Waals surface area (Å²) in [7, 11) is -7.35. The van der Waals surface area contributed by atoms with Crippen molar-refractivity contribution in [2.24, 2.45) is 7.05 Å². The highest BCUT2D eigenvalue weighted by Crippen LogP contribution is 1.79. The standard InChI is InChI=1S/C4H6N2O3S.H2O4S/c1-5-2-3-6(4-5)10(7,8)9;1-5(2,3)4/h2-4H,1H3;(H2,1,2,3,4). The maximum atomic E-state index is 10.4. The van der Waals surface area contributed by atoms with E-state index in [1.54, 1.807) is 7.05 Å². The van der Waals surface area contributed by atoms with Crippen LogP contribution in [0, 0.1) is 0 Å². The van der Waals surface area contributed by atoms with Crippen molar-refractivity contribution in [3.63, 3.8) is 0 Å². The molecule has 1 aromatic heterocycles. The van der Waals surface area contributed by atoms with Crippen molar-refractivity contribution < 1.29 is 34.5 Å². The van der Waals surface area contributed by atoms with Crippen LogP contribution in [0.3, 0.4) is 0 Å². The SMILES string of the molecule is Cn1cc[n+](S(=O)(=O)O)c1.O=S(=O)([O-])O. The number of aryl methyl sites for hydroxylation is 1. The minimum Gasteiger partial charge on any atom is -0.726 e. The van der Waals surface area contributed by atoms with Gasteiger partial charge in [-0.3, -0.25) is 9.11 Å². The zero-order valence-corrected chi connectivity index (χ0v) is 9.01. The molecule has 0 amide bonds. The second kappa shape index (κ2) is 4.67. The Balaban J connectivity index is 0.000000336. The molecular weight excluding hydrogens is 252 g/mol. The summed E-state index contributed by atoms with van der Waals surface area (Å²) in [4.78, 5) is 0. The molecule has 0 aromatic carbocycles. The number of nitrogens with zero attached hydrogens (tertiary/aromatic N) is 2. The quantitative estimate of drug-likeness (QED) is 0.337. The predicted molar refractivity (Wildman–Crippen MR) is 44.9 cm³/mol. The maximum Gasteiger partial charge on any atom is 0.439 e. The normalized spacial score (nSPS) is 11.7. The van der Waals surface area contributed by atoms with Crippen LogP contribution in [0.25, 0.3) is 0 Å². The summed E-state index contributed by atoms with van der Waals surface area (Å²) in [5, 5.41) is 0. The molecule has 11 heteroatoms. The zero-order valence-electron chi connectivity index (χ0n) is 7.38. The van der Waals surface area contributed by atoms with E-state index in [0.717, 1.165) is 0 Å². The van der Waals surface area contributed by atoms with Crippen LogP contribution in [-0.4, -0.2) is 35.1 Å². The third kappa shape index (κ3) is 8.02. The number of aromatic nitrogens is 2. The molecule has 0 fully saturated rings. The van der Waals surface area contributed by atoms with Crippen molar-refractivity contribution in [1.82, 2.24) is 4.57 Å². The van der Waals surface area contributed by atoms with Gasteiger partial charge in [0.2, 0.25) is 10.4 Å². The van der Waals surface area contributed by atoms with Crippen LogP contribution >= 0.6 is 0 Å². The first-order chi connectivity index (χ1) is 6.50. The monoisotopic (exact) mass is 260 g/mol. The van der Waals surface area contributed by atoms with Crippen molar-refractivity contribution in [3.05, 3.63) is 18.7 Å². The smallest absolute Gasteiger partial charge is 0.439 e. The van der Waals surface area contributed by atoms with Gasteiger partial charge in [0.1, 0.15) is 12.4 Å². The molecule has 0 spiro atoms. The molecule has 0 aliphatic rings. The van der Waals surface area contributed by atoms with Gasteiger partial charge in [0.05, 0.1) is 7.05 Å². The molecule has 0 radical (unpaired) electrons. The summed E-state index contributed by atoms with van der Waals surface area (Å²) in [5.41, 5.74) is 0. The summed E-state index contributed by atoms with van der Waals surface area (Å²) in [6.07, 6.45) is 4.00. The Kier molecular flexibility index (Phi) is 4.36. The van der Waals surface area contributed by atoms with Gasteiger partial charge in [0, 0.05) is 0 Å². The van der Waals surface area contributed by atoms with E-state index in [1.807, 2.05) is 0 Å². The topological polar surface area (TPSA) is 141 Å². The van der Waals surface area contributed by atoms with Crippen LogP contribution in [0.4, 0.5) is 0 Å². The molecule has 1 aromatic rings. The minimum atomic E-state index is -4.92. The van der Waals surface area contributed by atoms with E-state index in [2.05, 4.69) is 0 Å². The van der Waals surface area contributed by atoms with Crippen LogP contribution in [0.2, 0.25) is 0 Å². The van der Waals surface area contributed by atoms with Crippen molar-refractivity contribution >= 4 is 20.7 Å². The van der Waals surface area contributed by atoms with Gasteiger partial charge in [-0.05, 0) is 0 Å². The van der Waals surface area contributed by atoms with E-state index in [1.165, 1.54) is 23.3 Å². The van der Waals surface area contributed by atoms with E-state index < -0.39 is 20.7 Å². The van der Waals surface area contributed by atoms with Crippen molar-refractivity contribution in [3.8, 4) is 0 Å². The average Bonchev–Trinajstić information content (AvgIpc) is 2.29. The first-order valence-electron chi connectivity index (χ1n) is 3.19. The first-order valence-corrected chi connectivity index (χ1v) is 5.96. The van der Waals surface area contributed by atoms with Crippen LogP contribution in [0.5, 0.6) is 0 Å². The lowest BCUT2D eigenvalue weighted by Gasteiger charge is -1.88. The summed E-state index contributed by atoms with van der Waals surface area (Å²) in [6, 6.07) is 0. The van der Waals surface area contributed by atoms with Crippen LogP contribution < -0.4 is 3.97 Å². The van der Waals surface area contributed by atoms with E-state index in [0.29, 0.717) is 3.97 Å². The van der Waals surface area contributed by atoms with E-state index >= 15 is 0 Å². The molecule has 0 atom stereocenters. The Morgan fingerprint density at radius 3 is 1.80 bits per heavy atom. The number of rotatable bonds is 1. The highest BCUT2D eigenvalue weighted by molar-refractivity contribution is 7.79. The number of hydrogen-bond donors (Lipinski definition) is 2. The maximum absolute atomic E-state index is 10.4. The molecule has 1 rings (SSSR count). The molecule has 0 unspecified atom stereocenters. The van der Waals surface area contributed by atoms with Gasteiger partial charge in [-0.1, -0.05) is 0 Å². The third-order valence-corrected chi connectivity index (χ3v) is 1.76. The minimum absolute atomic E-state index is 0.715. The van der Waals surface area contributed by atoms with Crippen LogP contribution in [0.15, 0.2) is 18.7 Å². The van der Waals surface area contributed by atoms with Crippen molar-refractivity contribution in [2.75, 3.05) is 0 Å². The Bertz CT molecular complexity index is 505. The summed E-state index contributed by atoms with van der Waals surface area (Å²) in [5.74, 6) is 0. The largest absolute Gasteiger partial charge is 0.726 e. The predicted octanol–water partition coefficient (Wildman–Crippen LogP) is -2.03. The second-order valence-corrected chi connectivity index (χ2v) is 4.49. The molecule has 15 heavy (non-hydrogen) atoms. The van der Waals surface area contributed by atoms with Crippen molar-refractivity contribution in [2.45, 2.75) is 0 Å². The van der Waals surface area contributed by atoms with E-state index in [-0.39, 0.29) is 0 Å². The molecule has 2 N–H and O–H groups in total. The van der Waals surface area contributed by atoms with Crippen LogP contribution in [-0.2, 0) is 27.8 Å². The Morgan fingerprint density at radius 2 is 1.67 bits per heavy atom. The molecule has 9 nitrogen and oxygen atoms in total. The van der Waals surface area contributed by atoms with Crippen molar-refractivity contribution in [1.29, 1.82) is 0 Å². The highest BCUT2D eigenvalue weighted by atomic mass is 32.3. The molecule has 0 bridgehead atoms. The molecule has 0 saturated heterocycles. The van der Waals surface area contributed by atoms with Gasteiger partial charge in [0.25, 0.3) is 6.33 Å². The van der Waals surface area contributed by atoms with Gasteiger partial charge in [-0.25, -0.2) is 13.0 Å². The fraction of sp³-hybridized carbons (Fsp3) is 0.250. The zero-order chi connectivity index (χ0) is 12.3. The average molecular weight is 260 g/mol. The molecule has 88 valence electrons. The second-order valence-electron chi connectivity index (χ2n) is 2.31.